The lowest BCUT2D eigenvalue weighted by Gasteiger charge is -2.34. The summed E-state index contributed by atoms with van der Waals surface area (Å²) < 4.78 is 5.25. The SMILES string of the molecule is COc1cc(N)c(Cl)cc1C(=O)NCC1CCN(CC(NC(=O)O)c2ccc(Cl)c(Cl)c2)CC1. The molecule has 3 rings (SSSR count). The Hall–Kier alpha value is -2.39. The maximum Gasteiger partial charge on any atom is 0.405 e. The van der Waals surface area contributed by atoms with Crippen molar-refractivity contribution in [2.24, 2.45) is 5.92 Å². The normalized spacial score (nSPS) is 15.5. The number of carbonyl (C=O) groups is 2. The number of anilines is 1. The molecule has 1 unspecified atom stereocenters. The molecule has 5 N–H and O–H groups in total. The highest BCUT2D eigenvalue weighted by Crippen LogP contribution is 2.29. The standard InChI is InChI=1S/C23H27Cl3N4O4/c1-34-21-10-19(27)18(26)9-15(21)22(31)28-11-13-4-6-30(7-5-13)12-20(29-23(32)33)14-2-3-16(24)17(25)8-14/h2-3,8-10,13,20,29H,4-7,11-12,27H2,1H3,(H,28,31)(H,32,33). The van der Waals surface area contributed by atoms with Crippen LogP contribution in [0.2, 0.25) is 15.1 Å². The first-order valence-corrected chi connectivity index (χ1v) is 11.9. The van der Waals surface area contributed by atoms with Crippen LogP contribution in [0.5, 0.6) is 5.75 Å². The van der Waals surface area contributed by atoms with Crippen LogP contribution in [0.25, 0.3) is 0 Å². The van der Waals surface area contributed by atoms with E-state index in [1.165, 1.54) is 19.2 Å². The van der Waals surface area contributed by atoms with E-state index in [4.69, 9.17) is 45.3 Å². The number of nitrogen functional groups attached to an aromatic ring is 1. The lowest BCUT2D eigenvalue weighted by molar-refractivity contribution is 0.0932. The van der Waals surface area contributed by atoms with Gasteiger partial charge >= 0.3 is 6.09 Å². The summed E-state index contributed by atoms with van der Waals surface area (Å²) in [5.74, 6) is 0.395. The number of amides is 2. The Balaban J connectivity index is 1.54. The van der Waals surface area contributed by atoms with Crippen LogP contribution in [0, 0.1) is 5.92 Å². The molecule has 1 atom stereocenters. The number of carboxylic acid groups (broad SMARTS) is 1. The van der Waals surface area contributed by atoms with Gasteiger partial charge in [0.1, 0.15) is 5.75 Å². The Bertz CT molecular complexity index is 1050. The fourth-order valence-electron chi connectivity index (χ4n) is 3.99. The van der Waals surface area contributed by atoms with Crippen LogP contribution in [0.1, 0.15) is 34.8 Å². The first kappa shape index (κ1) is 26.2. The van der Waals surface area contributed by atoms with E-state index in [1.807, 2.05) is 0 Å². The minimum atomic E-state index is -1.10. The average molecular weight is 530 g/mol. The van der Waals surface area contributed by atoms with E-state index in [0.29, 0.717) is 51.1 Å². The molecular weight excluding hydrogens is 503 g/mol. The second-order valence-electron chi connectivity index (χ2n) is 8.20. The van der Waals surface area contributed by atoms with Gasteiger partial charge in [-0.05, 0) is 55.6 Å². The molecule has 34 heavy (non-hydrogen) atoms. The number of halogens is 3. The zero-order valence-corrected chi connectivity index (χ0v) is 20.9. The van der Waals surface area contributed by atoms with Gasteiger partial charge in [0, 0.05) is 19.2 Å². The average Bonchev–Trinajstić information content (AvgIpc) is 2.81. The smallest absolute Gasteiger partial charge is 0.405 e. The largest absolute Gasteiger partial charge is 0.496 e. The molecule has 8 nitrogen and oxygen atoms in total. The number of rotatable bonds is 8. The van der Waals surface area contributed by atoms with Gasteiger partial charge in [0.05, 0.1) is 39.5 Å². The number of carbonyl (C=O) groups excluding carboxylic acids is 1. The van der Waals surface area contributed by atoms with Crippen LogP contribution < -0.4 is 21.1 Å². The number of likely N-dealkylation sites (tertiary alicyclic amines) is 1. The van der Waals surface area contributed by atoms with E-state index >= 15 is 0 Å². The van der Waals surface area contributed by atoms with E-state index in [9.17, 15) is 14.7 Å². The maximum absolute atomic E-state index is 12.7. The molecular formula is C23H27Cl3N4O4. The first-order chi connectivity index (χ1) is 16.2. The van der Waals surface area contributed by atoms with Crippen LogP contribution >= 0.6 is 34.8 Å². The predicted molar refractivity (Wildman–Crippen MR) is 134 cm³/mol. The molecule has 0 aliphatic carbocycles. The van der Waals surface area contributed by atoms with Gasteiger partial charge < -0.3 is 31.1 Å². The van der Waals surface area contributed by atoms with Crippen molar-refractivity contribution in [2.45, 2.75) is 18.9 Å². The van der Waals surface area contributed by atoms with Crippen molar-refractivity contribution in [1.82, 2.24) is 15.5 Å². The number of hydrogen-bond acceptors (Lipinski definition) is 5. The molecule has 1 saturated heterocycles. The summed E-state index contributed by atoms with van der Waals surface area (Å²) in [6.07, 6.45) is 0.620. The van der Waals surface area contributed by atoms with E-state index in [0.717, 1.165) is 31.5 Å². The van der Waals surface area contributed by atoms with Crippen molar-refractivity contribution in [3.05, 3.63) is 56.5 Å². The second kappa shape index (κ2) is 11.8. The highest BCUT2D eigenvalue weighted by atomic mass is 35.5. The van der Waals surface area contributed by atoms with Crippen LogP contribution in [0.3, 0.4) is 0 Å². The van der Waals surface area contributed by atoms with Crippen molar-refractivity contribution in [3.63, 3.8) is 0 Å². The van der Waals surface area contributed by atoms with Crippen LogP contribution in [-0.2, 0) is 0 Å². The monoisotopic (exact) mass is 528 g/mol. The number of piperidine rings is 1. The van der Waals surface area contributed by atoms with Gasteiger partial charge in [-0.1, -0.05) is 40.9 Å². The summed E-state index contributed by atoms with van der Waals surface area (Å²) in [4.78, 5) is 26.2. The summed E-state index contributed by atoms with van der Waals surface area (Å²) in [5.41, 5.74) is 7.22. The molecule has 2 aromatic carbocycles. The second-order valence-corrected chi connectivity index (χ2v) is 9.43. The number of hydrogen-bond donors (Lipinski definition) is 4. The summed E-state index contributed by atoms with van der Waals surface area (Å²) in [6, 6.07) is 7.72. The van der Waals surface area contributed by atoms with E-state index < -0.39 is 12.1 Å². The van der Waals surface area contributed by atoms with Crippen molar-refractivity contribution in [2.75, 3.05) is 39.0 Å². The molecule has 1 aliphatic rings. The van der Waals surface area contributed by atoms with Crippen LogP contribution in [0.4, 0.5) is 10.5 Å². The van der Waals surface area contributed by atoms with Crippen molar-refractivity contribution in [1.29, 1.82) is 0 Å². The summed E-state index contributed by atoms with van der Waals surface area (Å²) in [5, 5.41) is 15.9. The minimum absolute atomic E-state index is 0.272. The third-order valence-electron chi connectivity index (χ3n) is 5.91. The molecule has 184 valence electrons. The topological polar surface area (TPSA) is 117 Å². The highest BCUT2D eigenvalue weighted by Gasteiger charge is 2.25. The van der Waals surface area contributed by atoms with Crippen molar-refractivity contribution in [3.8, 4) is 5.75 Å². The van der Waals surface area contributed by atoms with Gasteiger partial charge in [-0.15, -0.1) is 0 Å². The molecule has 1 fully saturated rings. The van der Waals surface area contributed by atoms with Gasteiger partial charge in [-0.3, -0.25) is 4.79 Å². The summed E-state index contributed by atoms with van der Waals surface area (Å²) >= 11 is 18.2. The van der Waals surface area contributed by atoms with Crippen molar-refractivity contribution >= 4 is 52.5 Å². The van der Waals surface area contributed by atoms with E-state index in [1.54, 1.807) is 18.2 Å². The lowest BCUT2D eigenvalue weighted by Crippen LogP contribution is -2.43. The Kier molecular flexibility index (Phi) is 9.13. The highest BCUT2D eigenvalue weighted by molar-refractivity contribution is 6.42. The zero-order chi connectivity index (χ0) is 24.8. The lowest BCUT2D eigenvalue weighted by atomic mass is 9.95. The zero-order valence-electron chi connectivity index (χ0n) is 18.6. The molecule has 0 saturated carbocycles. The third-order valence-corrected chi connectivity index (χ3v) is 6.97. The van der Waals surface area contributed by atoms with Gasteiger partial charge in [-0.25, -0.2) is 4.79 Å². The molecule has 11 heteroatoms. The number of methoxy groups -OCH3 is 1. The number of ether oxygens (including phenoxy) is 1. The van der Waals surface area contributed by atoms with Gasteiger partial charge in [0.25, 0.3) is 5.91 Å². The first-order valence-electron chi connectivity index (χ1n) is 10.8. The molecule has 0 aromatic heterocycles. The Labute approximate surface area is 213 Å². The minimum Gasteiger partial charge on any atom is -0.496 e. The van der Waals surface area contributed by atoms with E-state index in [2.05, 4.69) is 15.5 Å². The number of nitrogens with two attached hydrogens (primary N) is 1. The van der Waals surface area contributed by atoms with Crippen LogP contribution in [-0.4, -0.2) is 55.3 Å². The fraction of sp³-hybridized carbons (Fsp3) is 0.391. The molecule has 0 bridgehead atoms. The van der Waals surface area contributed by atoms with E-state index in [-0.39, 0.29) is 5.91 Å². The number of benzene rings is 2. The molecule has 0 spiro atoms. The predicted octanol–water partition coefficient (Wildman–Crippen LogP) is 4.69. The van der Waals surface area contributed by atoms with Gasteiger partial charge in [-0.2, -0.15) is 0 Å². The van der Waals surface area contributed by atoms with Crippen LogP contribution in [0.15, 0.2) is 30.3 Å². The third kappa shape index (κ3) is 6.82. The van der Waals surface area contributed by atoms with Crippen molar-refractivity contribution < 1.29 is 19.4 Å². The fourth-order valence-corrected chi connectivity index (χ4v) is 4.46. The van der Waals surface area contributed by atoms with Gasteiger partial charge in [0.15, 0.2) is 0 Å². The quantitative estimate of drug-likeness (QED) is 0.369. The molecule has 2 amide bonds. The molecule has 1 heterocycles. The maximum atomic E-state index is 12.7. The summed E-state index contributed by atoms with van der Waals surface area (Å²) in [7, 11) is 1.47. The Morgan fingerprint density at radius 3 is 2.47 bits per heavy atom. The number of nitrogens with one attached hydrogen (secondary N) is 2. The summed E-state index contributed by atoms with van der Waals surface area (Å²) in [6.45, 7) is 2.57. The number of nitrogens with zero attached hydrogens (tertiary/aromatic N) is 1. The molecule has 1 aliphatic heterocycles. The Morgan fingerprint density at radius 2 is 1.85 bits per heavy atom. The van der Waals surface area contributed by atoms with Gasteiger partial charge in [0.2, 0.25) is 0 Å². The molecule has 0 radical (unpaired) electrons. The Morgan fingerprint density at radius 1 is 1.15 bits per heavy atom. The molecule has 2 aromatic rings.